The van der Waals surface area contributed by atoms with E-state index in [2.05, 4.69) is 5.32 Å². The number of aromatic carboxylic acids is 1. The molecule has 1 amide bonds. The Balaban J connectivity index is 2.28. The normalized spacial score (nSPS) is 11.0. The second kappa shape index (κ2) is 7.35. The molecule has 0 radical (unpaired) electrons. The molecule has 0 unspecified atom stereocenters. The Labute approximate surface area is 146 Å². The zero-order valence-electron chi connectivity index (χ0n) is 13.7. The number of para-hydroxylation sites is 2. The van der Waals surface area contributed by atoms with E-state index in [1.165, 1.54) is 18.2 Å². The van der Waals surface area contributed by atoms with Crippen molar-refractivity contribution in [1.29, 1.82) is 0 Å². The summed E-state index contributed by atoms with van der Waals surface area (Å²) in [5.41, 5.74) is 0.938. The minimum atomic E-state index is -3.71. The second-order valence-electron chi connectivity index (χ2n) is 5.44. The summed E-state index contributed by atoms with van der Waals surface area (Å²) in [6.45, 7) is 1.25. The molecule has 0 heterocycles. The average Bonchev–Trinajstić information content (AvgIpc) is 2.53. The van der Waals surface area contributed by atoms with Crippen LogP contribution in [0.5, 0.6) is 0 Å². The minimum Gasteiger partial charge on any atom is -0.545 e. The first kappa shape index (κ1) is 18.5. The molecule has 0 aliphatic rings. The lowest BCUT2D eigenvalue weighted by atomic mass is 10.2. The van der Waals surface area contributed by atoms with Crippen LogP contribution in [-0.4, -0.2) is 33.1 Å². The SMILES string of the molecule is Cc1ccccc1N(CC(=O)Nc1ccccc1C(=O)[O-])S(C)(=O)=O. The summed E-state index contributed by atoms with van der Waals surface area (Å²) in [5.74, 6) is -2.10. The van der Waals surface area contributed by atoms with Gasteiger partial charge in [-0.3, -0.25) is 9.10 Å². The van der Waals surface area contributed by atoms with E-state index in [1.54, 1.807) is 37.3 Å². The predicted molar refractivity (Wildman–Crippen MR) is 92.8 cm³/mol. The molecule has 25 heavy (non-hydrogen) atoms. The van der Waals surface area contributed by atoms with Gasteiger partial charge < -0.3 is 15.2 Å². The van der Waals surface area contributed by atoms with E-state index in [4.69, 9.17) is 0 Å². The van der Waals surface area contributed by atoms with Gasteiger partial charge in [0.15, 0.2) is 0 Å². The first-order chi connectivity index (χ1) is 11.7. The van der Waals surface area contributed by atoms with Crippen LogP contribution in [0, 0.1) is 6.92 Å². The number of rotatable bonds is 6. The number of hydrogen-bond acceptors (Lipinski definition) is 5. The molecule has 0 aromatic heterocycles. The number of carbonyl (C=O) groups excluding carboxylic acids is 2. The Bertz CT molecular complexity index is 909. The fraction of sp³-hybridized carbons (Fsp3) is 0.176. The van der Waals surface area contributed by atoms with Crippen LogP contribution in [0.25, 0.3) is 0 Å². The summed E-state index contributed by atoms with van der Waals surface area (Å²) in [6.07, 6.45) is 1.00. The molecule has 2 rings (SSSR count). The fourth-order valence-electron chi connectivity index (χ4n) is 2.31. The molecule has 0 saturated carbocycles. The molecule has 7 nitrogen and oxygen atoms in total. The smallest absolute Gasteiger partial charge is 0.245 e. The van der Waals surface area contributed by atoms with Crippen LogP contribution in [0.1, 0.15) is 15.9 Å². The number of hydrogen-bond donors (Lipinski definition) is 1. The van der Waals surface area contributed by atoms with Crippen molar-refractivity contribution in [3.63, 3.8) is 0 Å². The van der Waals surface area contributed by atoms with Gasteiger partial charge in [0.25, 0.3) is 0 Å². The summed E-state index contributed by atoms with van der Waals surface area (Å²) in [4.78, 5) is 23.4. The predicted octanol–water partition coefficient (Wildman–Crippen LogP) is 0.763. The highest BCUT2D eigenvalue weighted by Gasteiger charge is 2.22. The number of aryl methyl sites for hydroxylation is 1. The summed E-state index contributed by atoms with van der Waals surface area (Å²) >= 11 is 0. The lowest BCUT2D eigenvalue weighted by Gasteiger charge is -2.23. The van der Waals surface area contributed by atoms with Crippen LogP contribution in [0.3, 0.4) is 0 Å². The van der Waals surface area contributed by atoms with Crippen molar-refractivity contribution in [1.82, 2.24) is 0 Å². The molecule has 0 saturated heterocycles. The quantitative estimate of drug-likeness (QED) is 0.818. The van der Waals surface area contributed by atoms with Crippen LogP contribution in [0.15, 0.2) is 48.5 Å². The highest BCUT2D eigenvalue weighted by atomic mass is 32.2. The van der Waals surface area contributed by atoms with Crippen molar-refractivity contribution in [2.45, 2.75) is 6.92 Å². The molecule has 0 aliphatic heterocycles. The van der Waals surface area contributed by atoms with E-state index in [-0.39, 0.29) is 11.3 Å². The fourth-order valence-corrected chi connectivity index (χ4v) is 3.23. The monoisotopic (exact) mass is 361 g/mol. The van der Waals surface area contributed by atoms with Crippen molar-refractivity contribution in [3.8, 4) is 0 Å². The second-order valence-corrected chi connectivity index (χ2v) is 7.34. The Kier molecular flexibility index (Phi) is 5.43. The van der Waals surface area contributed by atoms with Crippen molar-refractivity contribution in [2.75, 3.05) is 22.4 Å². The lowest BCUT2D eigenvalue weighted by Crippen LogP contribution is -2.38. The van der Waals surface area contributed by atoms with Crippen molar-refractivity contribution in [2.24, 2.45) is 0 Å². The Morgan fingerprint density at radius 3 is 2.28 bits per heavy atom. The summed E-state index contributed by atoms with van der Waals surface area (Å²) in [5, 5.41) is 13.5. The first-order valence-corrected chi connectivity index (χ1v) is 9.18. The van der Waals surface area contributed by atoms with E-state index < -0.39 is 28.4 Å². The van der Waals surface area contributed by atoms with Gasteiger partial charge >= 0.3 is 0 Å². The molecule has 0 atom stereocenters. The van der Waals surface area contributed by atoms with Crippen LogP contribution in [-0.2, 0) is 14.8 Å². The van der Waals surface area contributed by atoms with Crippen LogP contribution in [0.4, 0.5) is 11.4 Å². The van der Waals surface area contributed by atoms with Crippen LogP contribution in [0.2, 0.25) is 0 Å². The average molecular weight is 361 g/mol. The highest BCUT2D eigenvalue weighted by molar-refractivity contribution is 7.92. The molecule has 0 aliphatic carbocycles. The Morgan fingerprint density at radius 2 is 1.68 bits per heavy atom. The standard InChI is InChI=1S/C17H18N2O5S/c1-12-7-3-6-10-15(12)19(25(2,23)24)11-16(20)18-14-9-5-4-8-13(14)17(21)22/h3-10H,11H2,1-2H3,(H,18,20)(H,21,22)/p-1. The number of sulfonamides is 1. The molecule has 132 valence electrons. The third-order valence-corrected chi connectivity index (χ3v) is 4.62. The van der Waals surface area contributed by atoms with Crippen LogP contribution >= 0.6 is 0 Å². The maximum absolute atomic E-state index is 12.3. The highest BCUT2D eigenvalue weighted by Crippen LogP contribution is 2.22. The topological polar surface area (TPSA) is 107 Å². The van der Waals surface area contributed by atoms with Gasteiger partial charge in [-0.1, -0.05) is 36.4 Å². The molecule has 2 aromatic carbocycles. The molecular formula is C17H17N2O5S-. The number of anilines is 2. The largest absolute Gasteiger partial charge is 0.545 e. The van der Waals surface area contributed by atoms with E-state index in [0.717, 1.165) is 10.6 Å². The van der Waals surface area contributed by atoms with E-state index in [0.29, 0.717) is 11.3 Å². The van der Waals surface area contributed by atoms with E-state index in [9.17, 15) is 23.1 Å². The van der Waals surface area contributed by atoms with Gasteiger partial charge in [0.2, 0.25) is 15.9 Å². The van der Waals surface area contributed by atoms with Gasteiger partial charge in [-0.25, -0.2) is 8.42 Å². The van der Waals surface area contributed by atoms with Gasteiger partial charge in [0, 0.05) is 11.3 Å². The summed E-state index contributed by atoms with van der Waals surface area (Å²) in [7, 11) is -3.71. The van der Waals surface area contributed by atoms with E-state index >= 15 is 0 Å². The number of nitrogens with one attached hydrogen (secondary N) is 1. The number of carboxylic acids is 1. The Morgan fingerprint density at radius 1 is 1.08 bits per heavy atom. The van der Waals surface area contributed by atoms with Gasteiger partial charge in [0.05, 0.1) is 17.9 Å². The number of amides is 1. The van der Waals surface area contributed by atoms with E-state index in [1.807, 2.05) is 0 Å². The maximum atomic E-state index is 12.3. The van der Waals surface area contributed by atoms with Crippen molar-refractivity contribution in [3.05, 3.63) is 59.7 Å². The molecule has 0 fully saturated rings. The van der Waals surface area contributed by atoms with Gasteiger partial charge in [-0.2, -0.15) is 0 Å². The van der Waals surface area contributed by atoms with Crippen molar-refractivity contribution < 1.29 is 23.1 Å². The van der Waals surface area contributed by atoms with Gasteiger partial charge in [0.1, 0.15) is 6.54 Å². The molecule has 0 spiro atoms. The lowest BCUT2D eigenvalue weighted by molar-refractivity contribution is -0.254. The maximum Gasteiger partial charge on any atom is 0.245 e. The molecule has 0 bridgehead atoms. The van der Waals surface area contributed by atoms with Gasteiger partial charge in [-0.15, -0.1) is 0 Å². The summed E-state index contributed by atoms with van der Waals surface area (Å²) in [6, 6.07) is 12.5. The molecule has 2 aromatic rings. The third kappa shape index (κ3) is 4.57. The Hall–Kier alpha value is -2.87. The number of carbonyl (C=O) groups is 2. The molecular weight excluding hydrogens is 344 g/mol. The minimum absolute atomic E-state index is 0.0470. The first-order valence-electron chi connectivity index (χ1n) is 7.33. The van der Waals surface area contributed by atoms with Gasteiger partial charge in [-0.05, 0) is 24.6 Å². The number of carboxylic acid groups (broad SMARTS) is 1. The number of nitrogens with zero attached hydrogens (tertiary/aromatic N) is 1. The van der Waals surface area contributed by atoms with Crippen LogP contribution < -0.4 is 14.7 Å². The summed E-state index contributed by atoms with van der Waals surface area (Å²) < 4.78 is 25.1. The third-order valence-electron chi connectivity index (χ3n) is 3.49. The number of benzene rings is 2. The zero-order chi connectivity index (χ0) is 18.6. The zero-order valence-corrected chi connectivity index (χ0v) is 14.5. The molecule has 1 N–H and O–H groups in total. The molecule has 8 heteroatoms. The van der Waals surface area contributed by atoms with Crippen molar-refractivity contribution >= 4 is 33.3 Å².